The van der Waals surface area contributed by atoms with Crippen LogP contribution in [0, 0.1) is 0 Å². The first kappa shape index (κ1) is 12.8. The quantitative estimate of drug-likeness (QED) is 0.716. The molecule has 4 nitrogen and oxygen atoms in total. The Bertz CT molecular complexity index is 293. The lowest BCUT2D eigenvalue weighted by atomic mass is 10.2. The summed E-state index contributed by atoms with van der Waals surface area (Å²) in [7, 11) is 3.30. The molecule has 0 atom stereocenters. The van der Waals surface area contributed by atoms with Crippen LogP contribution < -0.4 is 15.2 Å². The number of para-hydroxylation sites is 1. The molecule has 0 aromatic heterocycles. The van der Waals surface area contributed by atoms with E-state index in [1.54, 1.807) is 14.2 Å². The van der Waals surface area contributed by atoms with Gasteiger partial charge in [0.05, 0.1) is 13.7 Å². The fourth-order valence-electron chi connectivity index (χ4n) is 1.42. The van der Waals surface area contributed by atoms with Gasteiger partial charge in [-0.05, 0) is 6.07 Å². The van der Waals surface area contributed by atoms with Crippen molar-refractivity contribution in [1.82, 2.24) is 0 Å². The van der Waals surface area contributed by atoms with Gasteiger partial charge in [-0.25, -0.2) is 0 Å². The van der Waals surface area contributed by atoms with E-state index in [1.165, 1.54) is 0 Å². The number of nitrogens with two attached hydrogens (primary N) is 1. The number of ether oxygens (including phenoxy) is 3. The molecule has 0 bridgehead atoms. The highest BCUT2D eigenvalue weighted by atomic mass is 16.5. The van der Waals surface area contributed by atoms with Crippen molar-refractivity contribution in [3.8, 4) is 11.5 Å². The third-order valence-corrected chi connectivity index (χ3v) is 2.24. The molecule has 0 radical (unpaired) electrons. The maximum absolute atomic E-state index is 5.67. The lowest BCUT2D eigenvalue weighted by Gasteiger charge is -2.13. The third kappa shape index (κ3) is 3.40. The molecule has 1 rings (SSSR count). The van der Waals surface area contributed by atoms with Gasteiger partial charge >= 0.3 is 0 Å². The number of rotatable bonds is 7. The molecule has 0 aliphatic rings. The Balaban J connectivity index is 2.67. The molecule has 0 spiro atoms. The van der Waals surface area contributed by atoms with Gasteiger partial charge in [-0.15, -0.1) is 0 Å². The van der Waals surface area contributed by atoms with E-state index in [2.05, 4.69) is 0 Å². The minimum absolute atomic E-state index is 0.441. The highest BCUT2D eigenvalue weighted by Gasteiger charge is 2.08. The van der Waals surface area contributed by atoms with Crippen LogP contribution in [-0.4, -0.2) is 27.4 Å². The molecular weight excluding hydrogens is 206 g/mol. The molecule has 0 aliphatic carbocycles. The fraction of sp³-hybridized carbons (Fsp3) is 0.500. The summed E-state index contributed by atoms with van der Waals surface area (Å²) in [6, 6.07) is 5.71. The van der Waals surface area contributed by atoms with Gasteiger partial charge in [-0.1, -0.05) is 12.1 Å². The maximum Gasteiger partial charge on any atom is 0.165 e. The smallest absolute Gasteiger partial charge is 0.165 e. The van der Waals surface area contributed by atoms with Crippen molar-refractivity contribution < 1.29 is 14.2 Å². The molecule has 0 saturated carbocycles. The van der Waals surface area contributed by atoms with E-state index in [1.807, 2.05) is 18.2 Å². The number of hydrogen-bond donors (Lipinski definition) is 1. The Morgan fingerprint density at radius 1 is 1.19 bits per heavy atom. The Morgan fingerprint density at radius 3 is 2.62 bits per heavy atom. The van der Waals surface area contributed by atoms with Gasteiger partial charge in [0.15, 0.2) is 11.5 Å². The van der Waals surface area contributed by atoms with Crippen LogP contribution in [0.4, 0.5) is 0 Å². The monoisotopic (exact) mass is 225 g/mol. The van der Waals surface area contributed by atoms with E-state index in [0.29, 0.717) is 19.8 Å². The third-order valence-electron chi connectivity index (χ3n) is 2.24. The highest BCUT2D eigenvalue weighted by molar-refractivity contribution is 5.46. The minimum atomic E-state index is 0.441. The van der Waals surface area contributed by atoms with Crippen LogP contribution in [0.2, 0.25) is 0 Å². The zero-order valence-corrected chi connectivity index (χ0v) is 9.86. The van der Waals surface area contributed by atoms with E-state index in [9.17, 15) is 0 Å². The first-order chi connectivity index (χ1) is 7.83. The second-order valence-electron chi connectivity index (χ2n) is 3.35. The Morgan fingerprint density at radius 2 is 2.00 bits per heavy atom. The summed E-state index contributed by atoms with van der Waals surface area (Å²) in [5.74, 6) is 1.46. The topological polar surface area (TPSA) is 53.7 Å². The first-order valence-corrected chi connectivity index (χ1v) is 5.31. The lowest BCUT2D eigenvalue weighted by Crippen LogP contribution is -2.07. The molecule has 2 N–H and O–H groups in total. The summed E-state index contributed by atoms with van der Waals surface area (Å²) in [6.45, 7) is 1.73. The van der Waals surface area contributed by atoms with Crippen molar-refractivity contribution in [2.24, 2.45) is 5.73 Å². The van der Waals surface area contributed by atoms with Gasteiger partial charge in [-0.2, -0.15) is 0 Å². The van der Waals surface area contributed by atoms with Gasteiger partial charge in [0.25, 0.3) is 0 Å². The predicted molar refractivity (Wildman–Crippen MR) is 62.9 cm³/mol. The van der Waals surface area contributed by atoms with Crippen molar-refractivity contribution >= 4 is 0 Å². The molecule has 0 saturated heterocycles. The lowest BCUT2D eigenvalue weighted by molar-refractivity contribution is 0.170. The molecule has 0 heterocycles. The Labute approximate surface area is 96.3 Å². The summed E-state index contributed by atoms with van der Waals surface area (Å²) >= 11 is 0. The predicted octanol–water partition coefficient (Wildman–Crippen LogP) is 1.57. The van der Waals surface area contributed by atoms with E-state index < -0.39 is 0 Å². The maximum atomic E-state index is 5.67. The second-order valence-corrected chi connectivity index (χ2v) is 3.35. The average molecular weight is 225 g/mol. The molecule has 16 heavy (non-hydrogen) atoms. The summed E-state index contributed by atoms with van der Waals surface area (Å²) in [5, 5.41) is 0. The molecular formula is C12H19NO3. The van der Waals surface area contributed by atoms with E-state index >= 15 is 0 Å². The Hall–Kier alpha value is -1.26. The van der Waals surface area contributed by atoms with Crippen LogP contribution in [0.25, 0.3) is 0 Å². The van der Waals surface area contributed by atoms with Gasteiger partial charge in [-0.3, -0.25) is 0 Å². The standard InChI is InChI=1S/C12H19NO3/c1-14-7-4-8-16-12-10(9-13)5-3-6-11(12)15-2/h3,5-6H,4,7-9,13H2,1-2H3. The molecule has 4 heteroatoms. The molecule has 1 aromatic rings. The normalized spacial score (nSPS) is 10.2. The number of hydrogen-bond acceptors (Lipinski definition) is 4. The largest absolute Gasteiger partial charge is 0.493 e. The summed E-state index contributed by atoms with van der Waals surface area (Å²) in [5.41, 5.74) is 6.60. The Kier molecular flexibility index (Phi) is 5.67. The summed E-state index contributed by atoms with van der Waals surface area (Å²) in [6.07, 6.45) is 0.846. The van der Waals surface area contributed by atoms with E-state index in [-0.39, 0.29) is 0 Å². The molecule has 0 fully saturated rings. The van der Waals surface area contributed by atoms with Gasteiger partial charge < -0.3 is 19.9 Å². The van der Waals surface area contributed by atoms with Gasteiger partial charge in [0.2, 0.25) is 0 Å². The fourth-order valence-corrected chi connectivity index (χ4v) is 1.42. The number of methoxy groups -OCH3 is 2. The molecule has 0 amide bonds. The zero-order valence-electron chi connectivity index (χ0n) is 9.86. The molecule has 1 aromatic carbocycles. The minimum Gasteiger partial charge on any atom is -0.493 e. The van der Waals surface area contributed by atoms with Gasteiger partial charge in [0.1, 0.15) is 0 Å². The van der Waals surface area contributed by atoms with E-state index in [4.69, 9.17) is 19.9 Å². The van der Waals surface area contributed by atoms with Crippen LogP contribution in [0.15, 0.2) is 18.2 Å². The van der Waals surface area contributed by atoms with Gasteiger partial charge in [0, 0.05) is 32.2 Å². The first-order valence-electron chi connectivity index (χ1n) is 5.31. The van der Waals surface area contributed by atoms with Crippen molar-refractivity contribution in [1.29, 1.82) is 0 Å². The van der Waals surface area contributed by atoms with Crippen molar-refractivity contribution in [2.75, 3.05) is 27.4 Å². The molecule has 90 valence electrons. The van der Waals surface area contributed by atoms with Crippen LogP contribution in [-0.2, 0) is 11.3 Å². The van der Waals surface area contributed by atoms with E-state index in [0.717, 1.165) is 23.5 Å². The average Bonchev–Trinajstić information content (AvgIpc) is 2.34. The zero-order chi connectivity index (χ0) is 11.8. The number of benzene rings is 1. The second kappa shape index (κ2) is 7.09. The van der Waals surface area contributed by atoms with Crippen molar-refractivity contribution in [3.05, 3.63) is 23.8 Å². The van der Waals surface area contributed by atoms with Crippen molar-refractivity contribution in [2.45, 2.75) is 13.0 Å². The summed E-state index contributed by atoms with van der Waals surface area (Å²) < 4.78 is 15.9. The summed E-state index contributed by atoms with van der Waals surface area (Å²) in [4.78, 5) is 0. The van der Waals surface area contributed by atoms with Crippen LogP contribution in [0.3, 0.4) is 0 Å². The van der Waals surface area contributed by atoms with Crippen LogP contribution in [0.5, 0.6) is 11.5 Å². The van der Waals surface area contributed by atoms with Crippen LogP contribution in [0.1, 0.15) is 12.0 Å². The van der Waals surface area contributed by atoms with Crippen LogP contribution >= 0.6 is 0 Å². The van der Waals surface area contributed by atoms with Crippen molar-refractivity contribution in [3.63, 3.8) is 0 Å². The molecule has 0 unspecified atom stereocenters. The SMILES string of the molecule is COCCCOc1c(CN)cccc1OC. The highest BCUT2D eigenvalue weighted by Crippen LogP contribution is 2.30. The molecule has 0 aliphatic heterocycles.